The van der Waals surface area contributed by atoms with E-state index < -0.39 is 15.3 Å². The first-order chi connectivity index (χ1) is 9.90. The zero-order valence-corrected chi connectivity index (χ0v) is 14.0. The van der Waals surface area contributed by atoms with E-state index in [2.05, 4.69) is 4.72 Å². The van der Waals surface area contributed by atoms with Crippen LogP contribution in [0.5, 0.6) is 0 Å². The number of benzene rings is 1. The van der Waals surface area contributed by atoms with Gasteiger partial charge in [0.05, 0.1) is 11.9 Å². The fourth-order valence-electron chi connectivity index (χ4n) is 2.74. The first kappa shape index (κ1) is 16.7. The maximum absolute atomic E-state index is 12.5. The zero-order valence-electron chi connectivity index (χ0n) is 12.4. The Labute approximate surface area is 131 Å². The fourth-order valence-corrected chi connectivity index (χ4v) is 4.87. The third kappa shape index (κ3) is 4.42. The van der Waals surface area contributed by atoms with Crippen LogP contribution in [0.25, 0.3) is 0 Å². The van der Waals surface area contributed by atoms with E-state index in [0.717, 1.165) is 5.56 Å². The van der Waals surface area contributed by atoms with Crippen molar-refractivity contribution >= 4 is 21.6 Å². The summed E-state index contributed by atoms with van der Waals surface area (Å²) in [5.41, 5.74) is 0.972. The number of ether oxygens (including phenoxy) is 1. The molecule has 1 saturated heterocycles. The number of rotatable bonds is 5. The van der Waals surface area contributed by atoms with Crippen molar-refractivity contribution in [1.82, 2.24) is 4.72 Å². The van der Waals surface area contributed by atoms with Crippen LogP contribution in [-0.4, -0.2) is 32.9 Å². The van der Waals surface area contributed by atoms with Crippen molar-refractivity contribution in [3.8, 4) is 0 Å². The Morgan fingerprint density at radius 1 is 1.38 bits per heavy atom. The minimum atomic E-state index is -3.34. The highest BCUT2D eigenvalue weighted by Crippen LogP contribution is 2.27. The van der Waals surface area contributed by atoms with E-state index >= 15 is 0 Å². The van der Waals surface area contributed by atoms with E-state index in [0.29, 0.717) is 31.1 Å². The highest BCUT2D eigenvalue weighted by molar-refractivity contribution is 7.90. The number of sulfonamides is 1. The molecule has 1 fully saturated rings. The van der Waals surface area contributed by atoms with Crippen molar-refractivity contribution in [2.45, 2.75) is 38.0 Å². The quantitative estimate of drug-likeness (QED) is 0.902. The van der Waals surface area contributed by atoms with Crippen LogP contribution >= 0.6 is 11.6 Å². The number of hydrogen-bond acceptors (Lipinski definition) is 3. The van der Waals surface area contributed by atoms with Crippen molar-refractivity contribution in [3.05, 3.63) is 34.9 Å². The number of halogens is 1. The smallest absolute Gasteiger partial charge is 0.215 e. The van der Waals surface area contributed by atoms with Gasteiger partial charge in [-0.2, -0.15) is 0 Å². The van der Waals surface area contributed by atoms with E-state index in [1.54, 1.807) is 0 Å². The maximum Gasteiger partial charge on any atom is 0.215 e. The second-order valence-electron chi connectivity index (χ2n) is 5.78. The largest absolute Gasteiger partial charge is 0.381 e. The lowest BCUT2D eigenvalue weighted by Crippen LogP contribution is -2.46. The minimum Gasteiger partial charge on any atom is -0.381 e. The molecule has 1 heterocycles. The van der Waals surface area contributed by atoms with Crippen molar-refractivity contribution < 1.29 is 13.2 Å². The second kappa shape index (κ2) is 7.09. The third-order valence-electron chi connectivity index (χ3n) is 3.64. The van der Waals surface area contributed by atoms with Crippen LogP contribution in [0, 0.1) is 5.92 Å². The first-order valence-electron chi connectivity index (χ1n) is 7.22. The molecule has 2 atom stereocenters. The SMILES string of the molecule is CC(C)NS(=O)(=O)[C@@H]1CCOC[C@@H]1Cc1ccccc1Cl. The molecule has 2 rings (SSSR count). The maximum atomic E-state index is 12.5. The van der Waals surface area contributed by atoms with Gasteiger partial charge in [-0.05, 0) is 38.3 Å². The van der Waals surface area contributed by atoms with E-state index in [-0.39, 0.29) is 12.0 Å². The standard InChI is InChI=1S/C15H22ClNO3S/c1-11(2)17-21(18,19)15-7-8-20-10-13(15)9-12-5-3-4-6-14(12)16/h3-6,11,13,15,17H,7-10H2,1-2H3/t13-,15+/m0/s1. The van der Waals surface area contributed by atoms with E-state index in [4.69, 9.17) is 16.3 Å². The molecule has 6 heteroatoms. The topological polar surface area (TPSA) is 55.4 Å². The lowest BCUT2D eigenvalue weighted by Gasteiger charge is -2.32. The second-order valence-corrected chi connectivity index (χ2v) is 8.11. The van der Waals surface area contributed by atoms with Gasteiger partial charge in [-0.3, -0.25) is 0 Å². The molecule has 0 radical (unpaired) electrons. The van der Waals surface area contributed by atoms with E-state index in [1.165, 1.54) is 0 Å². The van der Waals surface area contributed by atoms with E-state index in [9.17, 15) is 8.42 Å². The van der Waals surface area contributed by atoms with Crippen LogP contribution in [0.4, 0.5) is 0 Å². The van der Waals surface area contributed by atoms with Gasteiger partial charge in [-0.15, -0.1) is 0 Å². The van der Waals surface area contributed by atoms with Gasteiger partial charge in [-0.25, -0.2) is 13.1 Å². The molecule has 1 aliphatic rings. The van der Waals surface area contributed by atoms with Crippen LogP contribution in [0.2, 0.25) is 5.02 Å². The summed E-state index contributed by atoms with van der Waals surface area (Å²) in [7, 11) is -3.34. The molecular weight excluding hydrogens is 310 g/mol. The molecule has 1 N–H and O–H groups in total. The van der Waals surface area contributed by atoms with Crippen LogP contribution < -0.4 is 4.72 Å². The zero-order chi connectivity index (χ0) is 15.5. The van der Waals surface area contributed by atoms with Crippen LogP contribution in [-0.2, 0) is 21.2 Å². The molecule has 0 aliphatic carbocycles. The average Bonchev–Trinajstić information content (AvgIpc) is 2.40. The monoisotopic (exact) mass is 331 g/mol. The lowest BCUT2D eigenvalue weighted by molar-refractivity contribution is 0.0569. The van der Waals surface area contributed by atoms with Gasteiger partial charge in [0, 0.05) is 23.6 Å². The van der Waals surface area contributed by atoms with Gasteiger partial charge in [-0.1, -0.05) is 29.8 Å². The molecule has 0 unspecified atom stereocenters. The summed E-state index contributed by atoms with van der Waals surface area (Å²) >= 11 is 6.18. The van der Waals surface area contributed by atoms with Crippen LogP contribution in [0.1, 0.15) is 25.8 Å². The average molecular weight is 332 g/mol. The van der Waals surface area contributed by atoms with Crippen LogP contribution in [0.15, 0.2) is 24.3 Å². The Morgan fingerprint density at radius 2 is 2.10 bits per heavy atom. The Balaban J connectivity index is 2.18. The Hall–Kier alpha value is -0.620. The molecule has 0 aromatic heterocycles. The highest BCUT2D eigenvalue weighted by Gasteiger charge is 2.36. The predicted molar refractivity (Wildman–Crippen MR) is 85.1 cm³/mol. The molecule has 21 heavy (non-hydrogen) atoms. The summed E-state index contributed by atoms with van der Waals surface area (Å²) in [5.74, 6) is -0.0742. The molecule has 1 aromatic carbocycles. The van der Waals surface area contributed by atoms with Gasteiger partial charge < -0.3 is 4.74 Å². The van der Waals surface area contributed by atoms with E-state index in [1.807, 2.05) is 38.1 Å². The van der Waals surface area contributed by atoms with Crippen molar-refractivity contribution in [1.29, 1.82) is 0 Å². The molecular formula is C15H22ClNO3S. The molecule has 4 nitrogen and oxygen atoms in total. The summed E-state index contributed by atoms with van der Waals surface area (Å²) in [6.45, 7) is 4.61. The summed E-state index contributed by atoms with van der Waals surface area (Å²) < 4.78 is 33.2. The lowest BCUT2D eigenvalue weighted by atomic mass is 9.93. The summed E-state index contributed by atoms with van der Waals surface area (Å²) in [6.07, 6.45) is 1.14. The highest BCUT2D eigenvalue weighted by atomic mass is 35.5. The molecule has 0 spiro atoms. The first-order valence-corrected chi connectivity index (χ1v) is 9.15. The van der Waals surface area contributed by atoms with Gasteiger partial charge in [0.25, 0.3) is 0 Å². The number of nitrogens with one attached hydrogen (secondary N) is 1. The normalized spacial score (nSPS) is 23.4. The van der Waals surface area contributed by atoms with Gasteiger partial charge >= 0.3 is 0 Å². The Morgan fingerprint density at radius 3 is 2.76 bits per heavy atom. The van der Waals surface area contributed by atoms with Crippen molar-refractivity contribution in [3.63, 3.8) is 0 Å². The number of hydrogen-bond donors (Lipinski definition) is 1. The Bertz CT molecular complexity index is 574. The molecule has 1 aromatic rings. The minimum absolute atomic E-state index is 0.0742. The van der Waals surface area contributed by atoms with Crippen molar-refractivity contribution in [2.75, 3.05) is 13.2 Å². The molecule has 0 saturated carbocycles. The van der Waals surface area contributed by atoms with Gasteiger partial charge in [0.1, 0.15) is 0 Å². The summed E-state index contributed by atoms with van der Waals surface area (Å²) in [6, 6.07) is 7.46. The predicted octanol–water partition coefficient (Wildman–Crippen LogP) is 2.62. The fraction of sp³-hybridized carbons (Fsp3) is 0.600. The summed E-state index contributed by atoms with van der Waals surface area (Å²) in [4.78, 5) is 0. The molecule has 1 aliphatic heterocycles. The molecule has 0 amide bonds. The van der Waals surface area contributed by atoms with Gasteiger partial charge in [0.15, 0.2) is 0 Å². The third-order valence-corrected chi connectivity index (χ3v) is 6.23. The Kier molecular flexibility index (Phi) is 5.66. The summed E-state index contributed by atoms with van der Waals surface area (Å²) in [5, 5.41) is 0.251. The molecule has 0 bridgehead atoms. The van der Waals surface area contributed by atoms with Gasteiger partial charge in [0.2, 0.25) is 10.0 Å². The molecule has 118 valence electrons. The van der Waals surface area contributed by atoms with Crippen molar-refractivity contribution in [2.24, 2.45) is 5.92 Å². The van der Waals surface area contributed by atoms with Crippen LogP contribution in [0.3, 0.4) is 0 Å².